The second-order valence-corrected chi connectivity index (χ2v) is 6.31. The molecule has 96 valence electrons. The van der Waals surface area contributed by atoms with Gasteiger partial charge in [-0.1, -0.05) is 13.8 Å². The van der Waals surface area contributed by atoms with E-state index >= 15 is 0 Å². The second kappa shape index (κ2) is 5.44. The molecule has 2 unspecified atom stereocenters. The van der Waals surface area contributed by atoms with E-state index < -0.39 is 10.2 Å². The first-order valence-electron chi connectivity index (χ1n) is 5.93. The molecule has 0 aromatic heterocycles. The van der Waals surface area contributed by atoms with E-state index in [4.69, 9.17) is 0 Å². The molecule has 16 heavy (non-hydrogen) atoms. The van der Waals surface area contributed by atoms with Gasteiger partial charge in [-0.3, -0.25) is 0 Å². The molecule has 1 rings (SSSR count). The lowest BCUT2D eigenvalue weighted by molar-refractivity contribution is 0.246. The summed E-state index contributed by atoms with van der Waals surface area (Å²) in [6.45, 7) is 9.95. The Hall–Kier alpha value is -0.170. The molecule has 0 aliphatic carbocycles. The van der Waals surface area contributed by atoms with E-state index in [1.807, 2.05) is 27.7 Å². The van der Waals surface area contributed by atoms with Crippen molar-refractivity contribution in [1.29, 1.82) is 0 Å². The Labute approximate surface area is 99.0 Å². The zero-order valence-corrected chi connectivity index (χ0v) is 11.4. The Morgan fingerprint density at radius 3 is 2.00 bits per heavy atom. The summed E-state index contributed by atoms with van der Waals surface area (Å²) in [4.78, 5) is 0. The topological polar surface area (TPSA) is 52.7 Å². The maximum Gasteiger partial charge on any atom is 0.282 e. The maximum absolute atomic E-state index is 12.3. The van der Waals surface area contributed by atoms with Crippen molar-refractivity contribution in [3.05, 3.63) is 0 Å². The number of hydrogen-bond acceptors (Lipinski definition) is 3. The van der Waals surface area contributed by atoms with Crippen LogP contribution in [0, 0.1) is 0 Å². The lowest BCUT2D eigenvalue weighted by atomic mass is 10.2. The van der Waals surface area contributed by atoms with Crippen molar-refractivity contribution < 1.29 is 8.42 Å². The number of piperazine rings is 1. The molecule has 1 saturated heterocycles. The molecule has 1 aliphatic heterocycles. The fraction of sp³-hybridized carbons (Fsp3) is 1.00. The lowest BCUT2D eigenvalue weighted by Crippen LogP contribution is -2.58. The van der Waals surface area contributed by atoms with Crippen molar-refractivity contribution in [2.24, 2.45) is 0 Å². The van der Waals surface area contributed by atoms with E-state index in [9.17, 15) is 8.42 Å². The van der Waals surface area contributed by atoms with Crippen LogP contribution in [0.4, 0.5) is 0 Å². The molecule has 1 fully saturated rings. The minimum absolute atomic E-state index is 0.217. The van der Waals surface area contributed by atoms with E-state index in [0.717, 1.165) is 0 Å². The van der Waals surface area contributed by atoms with Crippen LogP contribution in [0.3, 0.4) is 0 Å². The van der Waals surface area contributed by atoms with Crippen LogP contribution < -0.4 is 5.32 Å². The highest BCUT2D eigenvalue weighted by molar-refractivity contribution is 7.86. The summed E-state index contributed by atoms with van der Waals surface area (Å²) in [5, 5.41) is 3.33. The highest BCUT2D eigenvalue weighted by Gasteiger charge is 2.33. The van der Waals surface area contributed by atoms with Gasteiger partial charge >= 0.3 is 0 Å². The molecule has 2 atom stereocenters. The van der Waals surface area contributed by atoms with Crippen LogP contribution in [-0.4, -0.2) is 55.3 Å². The third kappa shape index (κ3) is 2.94. The van der Waals surface area contributed by atoms with Crippen LogP contribution >= 0.6 is 0 Å². The third-order valence-electron chi connectivity index (χ3n) is 2.88. The number of nitrogens with one attached hydrogen (secondary N) is 1. The highest BCUT2D eigenvalue weighted by Crippen LogP contribution is 2.13. The zero-order valence-electron chi connectivity index (χ0n) is 10.6. The number of hydrogen-bond donors (Lipinski definition) is 1. The van der Waals surface area contributed by atoms with Gasteiger partial charge < -0.3 is 5.32 Å². The summed E-state index contributed by atoms with van der Waals surface area (Å²) in [5.41, 5.74) is 0. The number of rotatable bonds is 4. The van der Waals surface area contributed by atoms with Crippen molar-refractivity contribution in [3.8, 4) is 0 Å². The SMILES string of the molecule is CCN(CC)S(=O)(=O)N1CC(C)NC(C)C1. The largest absolute Gasteiger partial charge is 0.309 e. The Kier molecular flexibility index (Phi) is 4.73. The van der Waals surface area contributed by atoms with Gasteiger partial charge in [0.15, 0.2) is 0 Å². The predicted octanol–water partition coefficient (Wildman–Crippen LogP) is 0.255. The maximum atomic E-state index is 12.3. The van der Waals surface area contributed by atoms with Crippen LogP contribution in [0.2, 0.25) is 0 Å². The normalized spacial score (nSPS) is 28.6. The molecule has 1 heterocycles. The quantitative estimate of drug-likeness (QED) is 0.777. The molecule has 0 amide bonds. The van der Waals surface area contributed by atoms with Crippen molar-refractivity contribution in [1.82, 2.24) is 13.9 Å². The molecule has 0 radical (unpaired) electrons. The monoisotopic (exact) mass is 249 g/mol. The fourth-order valence-electron chi connectivity index (χ4n) is 2.18. The molecule has 0 bridgehead atoms. The van der Waals surface area contributed by atoms with Crippen molar-refractivity contribution in [2.45, 2.75) is 39.8 Å². The molecular formula is C10H23N3O2S. The molecule has 0 saturated carbocycles. The van der Waals surface area contributed by atoms with Gasteiger partial charge in [-0.15, -0.1) is 0 Å². The smallest absolute Gasteiger partial charge is 0.282 e. The third-order valence-corrected chi connectivity index (χ3v) is 5.00. The summed E-state index contributed by atoms with van der Waals surface area (Å²) in [6.07, 6.45) is 0. The summed E-state index contributed by atoms with van der Waals surface area (Å²) >= 11 is 0. The highest BCUT2D eigenvalue weighted by atomic mass is 32.2. The fourth-order valence-corrected chi connectivity index (χ4v) is 3.98. The molecule has 1 N–H and O–H groups in total. The number of nitrogens with zero attached hydrogens (tertiary/aromatic N) is 2. The summed E-state index contributed by atoms with van der Waals surface area (Å²) in [7, 11) is -3.26. The minimum atomic E-state index is -3.26. The Balaban J connectivity index is 2.82. The van der Waals surface area contributed by atoms with Crippen molar-refractivity contribution in [3.63, 3.8) is 0 Å². The summed E-state index contributed by atoms with van der Waals surface area (Å²) in [5.74, 6) is 0. The van der Waals surface area contributed by atoms with E-state index in [2.05, 4.69) is 5.32 Å². The molecule has 0 aromatic rings. The Morgan fingerprint density at radius 2 is 1.62 bits per heavy atom. The van der Waals surface area contributed by atoms with Gasteiger partial charge in [0.25, 0.3) is 10.2 Å². The van der Waals surface area contributed by atoms with Crippen LogP contribution in [0.5, 0.6) is 0 Å². The van der Waals surface area contributed by atoms with Crippen LogP contribution in [0.25, 0.3) is 0 Å². The van der Waals surface area contributed by atoms with Gasteiger partial charge in [0.1, 0.15) is 0 Å². The minimum Gasteiger partial charge on any atom is -0.309 e. The zero-order chi connectivity index (χ0) is 12.3. The molecular weight excluding hydrogens is 226 g/mol. The predicted molar refractivity (Wildman–Crippen MR) is 65.5 cm³/mol. The van der Waals surface area contributed by atoms with Gasteiger partial charge in [-0.2, -0.15) is 17.0 Å². The molecule has 6 heteroatoms. The Bertz CT molecular complexity index is 304. The van der Waals surface area contributed by atoms with E-state index in [1.165, 1.54) is 4.31 Å². The first kappa shape index (κ1) is 13.9. The van der Waals surface area contributed by atoms with Crippen LogP contribution in [-0.2, 0) is 10.2 Å². The van der Waals surface area contributed by atoms with E-state index in [1.54, 1.807) is 4.31 Å². The van der Waals surface area contributed by atoms with E-state index in [0.29, 0.717) is 26.2 Å². The summed E-state index contributed by atoms with van der Waals surface area (Å²) < 4.78 is 27.6. The van der Waals surface area contributed by atoms with Gasteiger partial charge in [0, 0.05) is 38.3 Å². The average molecular weight is 249 g/mol. The summed E-state index contributed by atoms with van der Waals surface area (Å²) in [6, 6.07) is 0.433. The first-order chi connectivity index (χ1) is 7.41. The molecule has 0 aromatic carbocycles. The van der Waals surface area contributed by atoms with Crippen LogP contribution in [0.1, 0.15) is 27.7 Å². The molecule has 5 nitrogen and oxygen atoms in total. The van der Waals surface area contributed by atoms with Gasteiger partial charge in [0.2, 0.25) is 0 Å². The lowest BCUT2D eigenvalue weighted by Gasteiger charge is -2.37. The van der Waals surface area contributed by atoms with Gasteiger partial charge in [-0.25, -0.2) is 0 Å². The van der Waals surface area contributed by atoms with Gasteiger partial charge in [-0.05, 0) is 13.8 Å². The molecule has 0 spiro atoms. The van der Waals surface area contributed by atoms with Crippen molar-refractivity contribution in [2.75, 3.05) is 26.2 Å². The standard InChI is InChI=1S/C10H23N3O2S/c1-5-12(6-2)16(14,15)13-7-9(3)11-10(4)8-13/h9-11H,5-8H2,1-4H3. The van der Waals surface area contributed by atoms with E-state index in [-0.39, 0.29) is 12.1 Å². The molecule has 1 aliphatic rings. The van der Waals surface area contributed by atoms with Crippen molar-refractivity contribution >= 4 is 10.2 Å². The Morgan fingerprint density at radius 1 is 1.19 bits per heavy atom. The van der Waals surface area contributed by atoms with Gasteiger partial charge in [0.05, 0.1) is 0 Å². The average Bonchev–Trinajstić information content (AvgIpc) is 2.17. The van der Waals surface area contributed by atoms with Crippen LogP contribution in [0.15, 0.2) is 0 Å². The first-order valence-corrected chi connectivity index (χ1v) is 7.32. The second-order valence-electron chi connectivity index (χ2n) is 4.38.